The van der Waals surface area contributed by atoms with Crippen molar-refractivity contribution in [2.45, 2.75) is 24.8 Å². The highest BCUT2D eigenvalue weighted by Crippen LogP contribution is 2.36. The number of amides is 1. The summed E-state index contributed by atoms with van der Waals surface area (Å²) in [5.74, 6) is -0.369. The van der Waals surface area contributed by atoms with Gasteiger partial charge >= 0.3 is 12.4 Å². The molecule has 0 aliphatic carbocycles. The number of benzene rings is 1. The molecular formula is C13H12F6N2O. The van der Waals surface area contributed by atoms with Crippen LogP contribution in [-0.4, -0.2) is 30.6 Å². The van der Waals surface area contributed by atoms with Crippen LogP contribution in [0.1, 0.15) is 16.7 Å². The molecular weight excluding hydrogens is 314 g/mol. The molecule has 22 heavy (non-hydrogen) atoms. The number of halogens is 6. The van der Waals surface area contributed by atoms with E-state index in [1.54, 1.807) is 0 Å². The van der Waals surface area contributed by atoms with Crippen LogP contribution in [0.15, 0.2) is 18.2 Å². The Kier molecular flexibility index (Phi) is 4.12. The van der Waals surface area contributed by atoms with Crippen molar-refractivity contribution in [1.29, 1.82) is 0 Å². The fourth-order valence-electron chi connectivity index (χ4n) is 2.21. The smallest absolute Gasteiger partial charge is 0.332 e. The van der Waals surface area contributed by atoms with E-state index < -0.39 is 29.5 Å². The summed E-state index contributed by atoms with van der Waals surface area (Å²) in [4.78, 5) is 13.0. The number of carbonyl (C=O) groups excluding carboxylic acids is 1. The lowest BCUT2D eigenvalue weighted by Gasteiger charge is -2.15. The van der Waals surface area contributed by atoms with Gasteiger partial charge in [0.05, 0.1) is 23.8 Å². The highest BCUT2D eigenvalue weighted by atomic mass is 19.4. The fraction of sp³-hybridized carbons (Fsp3) is 0.462. The van der Waals surface area contributed by atoms with Crippen LogP contribution in [0.3, 0.4) is 0 Å². The molecule has 1 aromatic carbocycles. The highest BCUT2D eigenvalue weighted by molar-refractivity contribution is 5.83. The minimum absolute atomic E-state index is 0.0690. The first-order chi connectivity index (χ1) is 9.98. The van der Waals surface area contributed by atoms with Gasteiger partial charge in [-0.15, -0.1) is 0 Å². The monoisotopic (exact) mass is 326 g/mol. The van der Waals surface area contributed by atoms with Gasteiger partial charge in [0.1, 0.15) is 0 Å². The van der Waals surface area contributed by atoms with Gasteiger partial charge in [0, 0.05) is 7.05 Å². The Hall–Kier alpha value is -1.77. The lowest BCUT2D eigenvalue weighted by molar-refractivity contribution is -0.143. The second kappa shape index (κ2) is 5.45. The third-order valence-electron chi connectivity index (χ3n) is 3.34. The van der Waals surface area contributed by atoms with Crippen molar-refractivity contribution in [3.63, 3.8) is 0 Å². The van der Waals surface area contributed by atoms with Gasteiger partial charge in [0.15, 0.2) is 0 Å². The Morgan fingerprint density at radius 1 is 1.09 bits per heavy atom. The Bertz CT molecular complexity index is 549. The van der Waals surface area contributed by atoms with Gasteiger partial charge < -0.3 is 4.90 Å². The molecule has 1 amide bonds. The lowest BCUT2D eigenvalue weighted by Crippen LogP contribution is -2.31. The molecule has 1 aliphatic rings. The highest BCUT2D eigenvalue weighted by Gasteiger charge is 2.37. The maximum absolute atomic E-state index is 12.7. The minimum Gasteiger partial charge on any atom is -0.332 e. The topological polar surface area (TPSA) is 32.3 Å². The van der Waals surface area contributed by atoms with Gasteiger partial charge in [0.2, 0.25) is 5.91 Å². The van der Waals surface area contributed by atoms with E-state index in [1.807, 2.05) is 0 Å². The van der Waals surface area contributed by atoms with Gasteiger partial charge in [-0.2, -0.15) is 26.3 Å². The van der Waals surface area contributed by atoms with Crippen molar-refractivity contribution in [2.24, 2.45) is 0 Å². The Morgan fingerprint density at radius 2 is 1.59 bits per heavy atom. The zero-order valence-corrected chi connectivity index (χ0v) is 11.3. The maximum atomic E-state index is 12.7. The maximum Gasteiger partial charge on any atom is 0.416 e. The molecule has 1 N–H and O–H groups in total. The molecule has 1 saturated heterocycles. The average Bonchev–Trinajstić information content (AvgIpc) is 2.68. The number of alkyl halides is 6. The summed E-state index contributed by atoms with van der Waals surface area (Å²) in [6.45, 7) is 0.203. The normalized spacial score (nSPS) is 19.9. The molecule has 1 aromatic rings. The number of hydrogen-bond acceptors (Lipinski definition) is 2. The summed E-state index contributed by atoms with van der Waals surface area (Å²) in [5, 5.41) is 2.73. The molecule has 1 heterocycles. The number of likely N-dealkylation sites (N-methyl/N-ethyl adjacent to an activating group) is 1. The van der Waals surface area contributed by atoms with Crippen LogP contribution in [0.2, 0.25) is 0 Å². The van der Waals surface area contributed by atoms with E-state index in [0.717, 1.165) is 0 Å². The number of rotatable bonds is 2. The fourth-order valence-corrected chi connectivity index (χ4v) is 2.21. The molecule has 9 heteroatoms. The second-order valence-corrected chi connectivity index (χ2v) is 5.07. The average molecular weight is 326 g/mol. The zero-order valence-electron chi connectivity index (χ0n) is 11.3. The van der Waals surface area contributed by atoms with Crippen LogP contribution in [0.4, 0.5) is 26.3 Å². The van der Waals surface area contributed by atoms with Crippen molar-refractivity contribution < 1.29 is 31.1 Å². The number of nitrogens with one attached hydrogen (secondary N) is 1. The van der Waals surface area contributed by atoms with Gasteiger partial charge in [-0.1, -0.05) is 0 Å². The summed E-state index contributed by atoms with van der Waals surface area (Å²) in [7, 11) is 1.49. The first-order valence-electron chi connectivity index (χ1n) is 6.25. The van der Waals surface area contributed by atoms with Gasteiger partial charge in [-0.05, 0) is 30.2 Å². The molecule has 1 fully saturated rings. The molecule has 0 aromatic heterocycles. The molecule has 0 saturated carbocycles. The number of nitrogens with zero attached hydrogens (tertiary/aromatic N) is 1. The minimum atomic E-state index is -4.89. The quantitative estimate of drug-likeness (QED) is 0.848. The van der Waals surface area contributed by atoms with Crippen molar-refractivity contribution in [1.82, 2.24) is 10.2 Å². The molecule has 0 bridgehead atoms. The summed E-state index contributed by atoms with van der Waals surface area (Å²) >= 11 is 0. The van der Waals surface area contributed by atoms with Crippen molar-refractivity contribution >= 4 is 5.91 Å². The predicted molar refractivity (Wildman–Crippen MR) is 64.7 cm³/mol. The van der Waals surface area contributed by atoms with Crippen LogP contribution in [0.5, 0.6) is 0 Å². The molecule has 1 atom stereocenters. The van der Waals surface area contributed by atoms with E-state index in [2.05, 4.69) is 5.32 Å². The van der Waals surface area contributed by atoms with Crippen molar-refractivity contribution in [2.75, 3.05) is 13.7 Å². The van der Waals surface area contributed by atoms with E-state index in [0.29, 0.717) is 12.1 Å². The van der Waals surface area contributed by atoms with E-state index in [1.165, 1.54) is 11.9 Å². The van der Waals surface area contributed by atoms with Crippen LogP contribution in [0, 0.1) is 0 Å². The first-order valence-corrected chi connectivity index (χ1v) is 6.25. The molecule has 0 unspecified atom stereocenters. The molecule has 1 aliphatic heterocycles. The zero-order chi connectivity index (χ0) is 16.7. The predicted octanol–water partition coefficient (Wildman–Crippen LogP) is 2.65. The molecule has 3 nitrogen and oxygen atoms in total. The van der Waals surface area contributed by atoms with Crippen LogP contribution < -0.4 is 5.32 Å². The molecule has 0 radical (unpaired) electrons. The Balaban J connectivity index is 2.36. The summed E-state index contributed by atoms with van der Waals surface area (Å²) in [5.41, 5.74) is -2.95. The summed E-state index contributed by atoms with van der Waals surface area (Å²) < 4.78 is 76.4. The molecule has 0 spiro atoms. The third kappa shape index (κ3) is 3.52. The van der Waals surface area contributed by atoms with Gasteiger partial charge in [-0.3, -0.25) is 10.1 Å². The molecule has 122 valence electrons. The summed E-state index contributed by atoms with van der Waals surface area (Å²) in [6.07, 6.45) is -10.0. The second-order valence-electron chi connectivity index (χ2n) is 5.07. The largest absolute Gasteiger partial charge is 0.416 e. The Morgan fingerprint density at radius 3 is 1.95 bits per heavy atom. The number of hydrogen-bond donors (Lipinski definition) is 1. The van der Waals surface area contributed by atoms with E-state index in [-0.39, 0.29) is 30.6 Å². The standard InChI is InChI=1S/C13H12F6N2O/c1-21-6-20-10(11(21)22)4-7-2-8(12(14,15)16)5-9(3-7)13(17,18)19/h2-3,5,10,20H,4,6H2,1H3/t10-/m0/s1. The SMILES string of the molecule is CN1CN[C@@H](Cc2cc(C(F)(F)F)cc(C(F)(F)F)c2)C1=O. The lowest BCUT2D eigenvalue weighted by atomic mass is 9.99. The Labute approximate surface area is 121 Å². The first kappa shape index (κ1) is 16.6. The van der Waals surface area contributed by atoms with E-state index in [4.69, 9.17) is 0 Å². The van der Waals surface area contributed by atoms with E-state index >= 15 is 0 Å². The van der Waals surface area contributed by atoms with Crippen molar-refractivity contribution in [3.8, 4) is 0 Å². The van der Waals surface area contributed by atoms with Crippen LogP contribution in [0.25, 0.3) is 0 Å². The van der Waals surface area contributed by atoms with Crippen LogP contribution >= 0.6 is 0 Å². The number of carbonyl (C=O) groups is 1. The van der Waals surface area contributed by atoms with Gasteiger partial charge in [0.25, 0.3) is 0 Å². The van der Waals surface area contributed by atoms with Crippen LogP contribution in [-0.2, 0) is 23.6 Å². The molecule has 2 rings (SSSR count). The van der Waals surface area contributed by atoms with Gasteiger partial charge in [-0.25, -0.2) is 0 Å². The summed E-state index contributed by atoms with van der Waals surface area (Å²) in [6, 6.07) is 0.527. The van der Waals surface area contributed by atoms with Crippen molar-refractivity contribution in [3.05, 3.63) is 34.9 Å². The van der Waals surface area contributed by atoms with E-state index in [9.17, 15) is 31.1 Å². The third-order valence-corrected chi connectivity index (χ3v) is 3.34.